The van der Waals surface area contributed by atoms with Gasteiger partial charge in [0.15, 0.2) is 5.17 Å². The van der Waals surface area contributed by atoms with Gasteiger partial charge in [0.2, 0.25) is 0 Å². The van der Waals surface area contributed by atoms with Crippen LogP contribution in [0.15, 0.2) is 4.99 Å². The van der Waals surface area contributed by atoms with E-state index in [1.165, 1.54) is 11.3 Å². The van der Waals surface area contributed by atoms with Crippen molar-refractivity contribution < 1.29 is 0 Å². The van der Waals surface area contributed by atoms with Gasteiger partial charge < -0.3 is 5.32 Å². The molecule has 1 N–H and O–H groups in total. The van der Waals surface area contributed by atoms with Crippen LogP contribution >= 0.6 is 11.8 Å². The van der Waals surface area contributed by atoms with Gasteiger partial charge in [-0.3, -0.25) is 9.67 Å². The van der Waals surface area contributed by atoms with E-state index >= 15 is 0 Å². The molecule has 0 amide bonds. The molecule has 4 nitrogen and oxygen atoms in total. The Kier molecular flexibility index (Phi) is 3.21. The minimum Gasteiger partial charge on any atom is -0.359 e. The third-order valence-electron chi connectivity index (χ3n) is 3.05. The molecule has 1 aromatic heterocycles. The molecule has 0 atom stereocenters. The molecular weight excluding hydrogens is 232 g/mol. The molecule has 1 fully saturated rings. The third-order valence-corrected chi connectivity index (χ3v) is 4.43. The number of hydrogen-bond donors (Lipinski definition) is 1. The summed E-state index contributed by atoms with van der Waals surface area (Å²) in [6.07, 6.45) is 0. The van der Waals surface area contributed by atoms with Crippen LogP contribution in [0.3, 0.4) is 0 Å². The molecule has 2 heterocycles. The predicted molar refractivity (Wildman–Crippen MR) is 73.5 cm³/mol. The van der Waals surface area contributed by atoms with Crippen LogP contribution in [0.5, 0.6) is 0 Å². The summed E-state index contributed by atoms with van der Waals surface area (Å²) in [4.78, 5) is 4.64. The number of nitrogens with one attached hydrogen (secondary N) is 1. The van der Waals surface area contributed by atoms with Crippen molar-refractivity contribution in [1.29, 1.82) is 0 Å². The maximum Gasteiger partial charge on any atom is 0.157 e. The summed E-state index contributed by atoms with van der Waals surface area (Å²) in [6, 6.07) is 0. The van der Waals surface area contributed by atoms with E-state index < -0.39 is 0 Å². The molecule has 0 unspecified atom stereocenters. The van der Waals surface area contributed by atoms with Gasteiger partial charge in [-0.05, 0) is 27.7 Å². The first kappa shape index (κ1) is 12.5. The zero-order valence-electron chi connectivity index (χ0n) is 11.2. The summed E-state index contributed by atoms with van der Waals surface area (Å²) >= 11 is 1.80. The van der Waals surface area contributed by atoms with Crippen molar-refractivity contribution in [3.8, 4) is 0 Å². The number of aliphatic imine (C=N–C) groups is 1. The van der Waals surface area contributed by atoms with Gasteiger partial charge >= 0.3 is 0 Å². The molecule has 1 aliphatic heterocycles. The summed E-state index contributed by atoms with van der Waals surface area (Å²) in [5, 5.41) is 8.89. The van der Waals surface area contributed by atoms with Gasteiger partial charge in [0, 0.05) is 29.6 Å². The van der Waals surface area contributed by atoms with Crippen LogP contribution in [-0.4, -0.2) is 26.2 Å². The van der Waals surface area contributed by atoms with Gasteiger partial charge in [-0.2, -0.15) is 5.10 Å². The first-order valence-electron chi connectivity index (χ1n) is 5.83. The van der Waals surface area contributed by atoms with E-state index in [0.717, 1.165) is 23.2 Å². The van der Waals surface area contributed by atoms with Crippen LogP contribution in [0, 0.1) is 13.8 Å². The van der Waals surface area contributed by atoms with Crippen LogP contribution in [0.1, 0.15) is 30.8 Å². The molecular formula is C12H20N4S. The zero-order valence-corrected chi connectivity index (χ0v) is 12.0. The Morgan fingerprint density at radius 2 is 2.18 bits per heavy atom. The molecule has 2 rings (SSSR count). The van der Waals surface area contributed by atoms with Crippen LogP contribution in [0.25, 0.3) is 0 Å². The number of aromatic nitrogens is 2. The Morgan fingerprint density at radius 3 is 2.65 bits per heavy atom. The highest BCUT2D eigenvalue weighted by atomic mass is 32.2. The van der Waals surface area contributed by atoms with E-state index in [2.05, 4.69) is 36.2 Å². The quantitative estimate of drug-likeness (QED) is 0.875. The maximum atomic E-state index is 4.64. The van der Waals surface area contributed by atoms with E-state index in [4.69, 9.17) is 0 Å². The molecule has 1 aliphatic rings. The number of rotatable bonds is 2. The minimum absolute atomic E-state index is 0.169. The SMILES string of the molecule is Cc1nn(C)c(C)c1CN=C1NC(C)(C)CS1. The summed E-state index contributed by atoms with van der Waals surface area (Å²) < 4.78 is 1.92. The fourth-order valence-electron chi connectivity index (χ4n) is 1.89. The Hall–Kier alpha value is -0.970. The van der Waals surface area contributed by atoms with Gasteiger partial charge in [-0.15, -0.1) is 0 Å². The topological polar surface area (TPSA) is 42.2 Å². The number of thioether (sulfide) groups is 1. The van der Waals surface area contributed by atoms with Crippen molar-refractivity contribution >= 4 is 16.9 Å². The van der Waals surface area contributed by atoms with Gasteiger partial charge in [0.25, 0.3) is 0 Å². The van der Waals surface area contributed by atoms with Crippen molar-refractivity contribution in [2.45, 2.75) is 39.8 Å². The summed E-state index contributed by atoms with van der Waals surface area (Å²) in [7, 11) is 1.98. The van der Waals surface area contributed by atoms with E-state index in [9.17, 15) is 0 Å². The van der Waals surface area contributed by atoms with Crippen molar-refractivity contribution in [3.63, 3.8) is 0 Å². The van der Waals surface area contributed by atoms with Crippen molar-refractivity contribution in [3.05, 3.63) is 17.0 Å². The highest BCUT2D eigenvalue weighted by Crippen LogP contribution is 2.23. The average Bonchev–Trinajstić information content (AvgIpc) is 2.68. The van der Waals surface area contributed by atoms with E-state index in [-0.39, 0.29) is 5.54 Å². The average molecular weight is 252 g/mol. The standard InChI is InChI=1S/C12H20N4S/c1-8-10(9(2)16(5)15-8)6-13-11-14-12(3,4)7-17-11/h6-7H2,1-5H3,(H,13,14). The van der Waals surface area contributed by atoms with E-state index in [1.807, 2.05) is 18.7 Å². The number of hydrogen-bond acceptors (Lipinski definition) is 3. The van der Waals surface area contributed by atoms with Gasteiger partial charge in [-0.25, -0.2) is 0 Å². The van der Waals surface area contributed by atoms with Gasteiger partial charge in [0.1, 0.15) is 0 Å². The normalized spacial score (nSPS) is 20.9. The predicted octanol–water partition coefficient (Wildman–Crippen LogP) is 2.01. The fourth-order valence-corrected chi connectivity index (χ4v) is 2.97. The lowest BCUT2D eigenvalue weighted by atomic mass is 10.1. The molecule has 1 aromatic rings. The molecule has 94 valence electrons. The number of amidine groups is 1. The molecule has 1 saturated heterocycles. The summed E-state index contributed by atoms with van der Waals surface area (Å²) in [5.41, 5.74) is 3.69. The lowest BCUT2D eigenvalue weighted by molar-refractivity contribution is 0.536. The lowest BCUT2D eigenvalue weighted by Gasteiger charge is -2.15. The Labute approximate surface area is 107 Å². The first-order valence-corrected chi connectivity index (χ1v) is 6.82. The van der Waals surface area contributed by atoms with Crippen molar-refractivity contribution in [1.82, 2.24) is 15.1 Å². The number of nitrogens with zero attached hydrogens (tertiary/aromatic N) is 3. The van der Waals surface area contributed by atoms with E-state index in [0.29, 0.717) is 0 Å². The zero-order chi connectivity index (χ0) is 12.6. The Morgan fingerprint density at radius 1 is 1.47 bits per heavy atom. The van der Waals surface area contributed by atoms with Gasteiger partial charge in [0.05, 0.1) is 12.2 Å². The monoisotopic (exact) mass is 252 g/mol. The Bertz CT molecular complexity index is 459. The second-order valence-electron chi connectivity index (χ2n) is 5.19. The number of aryl methyl sites for hydroxylation is 2. The molecule has 0 aliphatic carbocycles. The van der Waals surface area contributed by atoms with Crippen LogP contribution < -0.4 is 5.32 Å². The molecule has 0 saturated carbocycles. The highest BCUT2D eigenvalue weighted by molar-refractivity contribution is 8.14. The van der Waals surface area contributed by atoms with Crippen LogP contribution in [-0.2, 0) is 13.6 Å². The van der Waals surface area contributed by atoms with Crippen molar-refractivity contribution in [2.75, 3.05) is 5.75 Å². The summed E-state index contributed by atoms with van der Waals surface area (Å²) in [6.45, 7) is 9.25. The molecule has 0 spiro atoms. The van der Waals surface area contributed by atoms with Crippen molar-refractivity contribution in [2.24, 2.45) is 12.0 Å². The maximum absolute atomic E-state index is 4.64. The summed E-state index contributed by atoms with van der Waals surface area (Å²) in [5.74, 6) is 1.08. The molecule has 0 bridgehead atoms. The van der Waals surface area contributed by atoms with Crippen LogP contribution in [0.4, 0.5) is 0 Å². The van der Waals surface area contributed by atoms with Gasteiger partial charge in [-0.1, -0.05) is 11.8 Å². The molecule has 0 aromatic carbocycles. The highest BCUT2D eigenvalue weighted by Gasteiger charge is 2.27. The Balaban J connectivity index is 2.10. The fraction of sp³-hybridized carbons (Fsp3) is 0.667. The van der Waals surface area contributed by atoms with E-state index in [1.54, 1.807) is 11.8 Å². The second kappa shape index (κ2) is 4.37. The first-order chi connectivity index (χ1) is 7.89. The second-order valence-corrected chi connectivity index (χ2v) is 6.16. The molecule has 5 heteroatoms. The minimum atomic E-state index is 0.169. The lowest BCUT2D eigenvalue weighted by Crippen LogP contribution is -2.36. The molecule has 0 radical (unpaired) electrons. The van der Waals surface area contributed by atoms with Crippen LogP contribution in [0.2, 0.25) is 0 Å². The largest absolute Gasteiger partial charge is 0.359 e. The molecule has 17 heavy (non-hydrogen) atoms. The third kappa shape index (κ3) is 2.65. The smallest absolute Gasteiger partial charge is 0.157 e.